The van der Waals surface area contributed by atoms with E-state index in [1.807, 2.05) is 0 Å². The number of esters is 4. The molecule has 0 unspecified atom stereocenters. The predicted molar refractivity (Wildman–Crippen MR) is 184 cm³/mol. The van der Waals surface area contributed by atoms with E-state index in [1.165, 1.54) is 0 Å². The topological polar surface area (TPSA) is 124 Å². The van der Waals surface area contributed by atoms with E-state index in [0.29, 0.717) is 66.1 Å². The first-order valence-electron chi connectivity index (χ1n) is 16.4. The summed E-state index contributed by atoms with van der Waals surface area (Å²) in [6.07, 6.45) is 9.35. The molecule has 0 aliphatic heterocycles. The number of aryl methyl sites for hydroxylation is 1. The molecule has 0 heterocycles. The molecule has 0 saturated heterocycles. The monoisotopic (exact) mass is 672 g/mol. The molecule has 0 bridgehead atoms. The minimum Gasteiger partial charge on any atom is -0.494 e. The number of benzene rings is 3. The second-order valence-corrected chi connectivity index (χ2v) is 11.0. The van der Waals surface area contributed by atoms with Crippen LogP contribution in [-0.2, 0) is 19.1 Å². The molecule has 0 saturated carbocycles. The van der Waals surface area contributed by atoms with Gasteiger partial charge in [-0.05, 0) is 131 Å². The van der Waals surface area contributed by atoms with Gasteiger partial charge in [0.25, 0.3) is 0 Å². The Kier molecular flexibility index (Phi) is 16.7. The Morgan fingerprint density at radius 1 is 0.531 bits per heavy atom. The molecule has 0 fully saturated rings. The van der Waals surface area contributed by atoms with Crippen molar-refractivity contribution in [1.82, 2.24) is 0 Å². The molecule has 3 rings (SSSR count). The fourth-order valence-corrected chi connectivity index (χ4v) is 4.51. The highest BCUT2D eigenvalue weighted by atomic mass is 16.5. The number of carbonyl (C=O) groups excluding carboxylic acids is 4. The molecule has 3 aromatic rings. The van der Waals surface area contributed by atoms with E-state index in [1.54, 1.807) is 73.7 Å². The first-order valence-corrected chi connectivity index (χ1v) is 16.4. The van der Waals surface area contributed by atoms with Crippen LogP contribution in [0, 0.1) is 6.92 Å². The van der Waals surface area contributed by atoms with E-state index in [4.69, 9.17) is 28.4 Å². The molecule has 0 atom stereocenters. The average Bonchev–Trinajstić information content (AvgIpc) is 3.11. The lowest BCUT2D eigenvalue weighted by atomic mass is 10.1. The maximum absolute atomic E-state index is 12.8. The smallest absolute Gasteiger partial charge is 0.343 e. The van der Waals surface area contributed by atoms with Gasteiger partial charge in [0.1, 0.15) is 23.0 Å². The summed E-state index contributed by atoms with van der Waals surface area (Å²) in [6, 6.07) is 18.2. The van der Waals surface area contributed by atoms with Gasteiger partial charge in [0.05, 0.1) is 37.6 Å². The number of hydrogen-bond donors (Lipinski definition) is 0. The molecule has 0 N–H and O–H groups in total. The Labute approximate surface area is 287 Å². The molecular formula is C39H44O10. The molecule has 0 spiro atoms. The molecule has 0 aromatic heterocycles. The SMILES string of the molecule is C=CC(=O)OCCCCCCOc1ccc(OC(=O)c2ccc(OC(=O)c3ccc(OCCCCCCOC(=O)C=C)cc3)cc2C)cc1. The molecule has 0 aliphatic carbocycles. The van der Waals surface area contributed by atoms with Crippen LogP contribution in [0.2, 0.25) is 0 Å². The number of unbranched alkanes of at least 4 members (excludes halogenated alkanes) is 6. The van der Waals surface area contributed by atoms with E-state index in [0.717, 1.165) is 63.5 Å². The van der Waals surface area contributed by atoms with Crippen LogP contribution in [-0.4, -0.2) is 50.3 Å². The zero-order valence-electron chi connectivity index (χ0n) is 28.0. The highest BCUT2D eigenvalue weighted by Gasteiger charge is 2.15. The third-order valence-corrected chi connectivity index (χ3v) is 7.19. The lowest BCUT2D eigenvalue weighted by molar-refractivity contribution is -0.138. The van der Waals surface area contributed by atoms with Crippen molar-refractivity contribution in [2.75, 3.05) is 26.4 Å². The maximum atomic E-state index is 12.8. The van der Waals surface area contributed by atoms with Crippen molar-refractivity contribution in [3.8, 4) is 23.0 Å². The van der Waals surface area contributed by atoms with E-state index < -0.39 is 23.9 Å². The van der Waals surface area contributed by atoms with Gasteiger partial charge in [-0.2, -0.15) is 0 Å². The van der Waals surface area contributed by atoms with Gasteiger partial charge >= 0.3 is 23.9 Å². The van der Waals surface area contributed by atoms with Crippen molar-refractivity contribution in [2.24, 2.45) is 0 Å². The van der Waals surface area contributed by atoms with Crippen LogP contribution < -0.4 is 18.9 Å². The lowest BCUT2D eigenvalue weighted by Crippen LogP contribution is -2.12. The zero-order chi connectivity index (χ0) is 35.3. The Morgan fingerprint density at radius 2 is 0.959 bits per heavy atom. The fraction of sp³-hybridized carbons (Fsp3) is 0.333. The summed E-state index contributed by atoms with van der Waals surface area (Å²) in [5.41, 5.74) is 1.30. The van der Waals surface area contributed by atoms with Crippen LogP contribution in [0.15, 0.2) is 92.0 Å². The Balaban J connectivity index is 1.35. The van der Waals surface area contributed by atoms with Crippen LogP contribution in [0.25, 0.3) is 0 Å². The van der Waals surface area contributed by atoms with Gasteiger partial charge in [0.15, 0.2) is 0 Å². The summed E-state index contributed by atoms with van der Waals surface area (Å²) in [5, 5.41) is 0. The van der Waals surface area contributed by atoms with Crippen molar-refractivity contribution in [2.45, 2.75) is 58.3 Å². The number of rotatable bonds is 22. The van der Waals surface area contributed by atoms with E-state index >= 15 is 0 Å². The lowest BCUT2D eigenvalue weighted by Gasteiger charge is -2.11. The van der Waals surface area contributed by atoms with Gasteiger partial charge < -0.3 is 28.4 Å². The van der Waals surface area contributed by atoms with E-state index in [-0.39, 0.29) is 0 Å². The van der Waals surface area contributed by atoms with Gasteiger partial charge in [-0.15, -0.1) is 0 Å². The molecule has 0 aliphatic rings. The van der Waals surface area contributed by atoms with Crippen molar-refractivity contribution >= 4 is 23.9 Å². The Morgan fingerprint density at radius 3 is 1.45 bits per heavy atom. The maximum Gasteiger partial charge on any atom is 0.343 e. The van der Waals surface area contributed by atoms with Crippen LogP contribution in [0.1, 0.15) is 77.6 Å². The molecule has 3 aromatic carbocycles. The van der Waals surface area contributed by atoms with Crippen molar-refractivity contribution in [3.63, 3.8) is 0 Å². The highest BCUT2D eigenvalue weighted by molar-refractivity contribution is 5.94. The molecule has 0 amide bonds. The Hall–Kier alpha value is -5.38. The van der Waals surface area contributed by atoms with Gasteiger partial charge in [0.2, 0.25) is 0 Å². The van der Waals surface area contributed by atoms with Crippen molar-refractivity contribution in [1.29, 1.82) is 0 Å². The molecule has 0 radical (unpaired) electrons. The van der Waals surface area contributed by atoms with Crippen LogP contribution in [0.4, 0.5) is 0 Å². The van der Waals surface area contributed by atoms with Crippen LogP contribution >= 0.6 is 0 Å². The van der Waals surface area contributed by atoms with Crippen LogP contribution in [0.3, 0.4) is 0 Å². The third-order valence-electron chi connectivity index (χ3n) is 7.19. The van der Waals surface area contributed by atoms with Gasteiger partial charge in [-0.3, -0.25) is 0 Å². The molecule has 10 heteroatoms. The van der Waals surface area contributed by atoms with Crippen LogP contribution in [0.5, 0.6) is 23.0 Å². The number of ether oxygens (including phenoxy) is 6. The zero-order valence-corrected chi connectivity index (χ0v) is 28.0. The average molecular weight is 673 g/mol. The predicted octanol–water partition coefficient (Wildman–Crippen LogP) is 7.77. The number of carbonyl (C=O) groups is 4. The van der Waals surface area contributed by atoms with Crippen molar-refractivity contribution < 1.29 is 47.6 Å². The molecule has 260 valence electrons. The second kappa shape index (κ2) is 21.5. The van der Waals surface area contributed by atoms with E-state index in [2.05, 4.69) is 13.2 Å². The summed E-state index contributed by atoms with van der Waals surface area (Å²) < 4.78 is 32.5. The summed E-state index contributed by atoms with van der Waals surface area (Å²) in [4.78, 5) is 47.6. The quantitative estimate of drug-likeness (QED) is 0.0453. The number of hydrogen-bond acceptors (Lipinski definition) is 10. The summed E-state index contributed by atoms with van der Waals surface area (Å²) in [6.45, 7) is 10.3. The Bertz CT molecular complexity index is 1530. The largest absolute Gasteiger partial charge is 0.494 e. The summed E-state index contributed by atoms with van der Waals surface area (Å²) in [7, 11) is 0. The normalized spacial score (nSPS) is 10.4. The summed E-state index contributed by atoms with van der Waals surface area (Å²) >= 11 is 0. The third kappa shape index (κ3) is 14.5. The minimum absolute atomic E-state index is 0.302. The first-order chi connectivity index (χ1) is 23.8. The minimum atomic E-state index is -0.535. The van der Waals surface area contributed by atoms with Crippen molar-refractivity contribution in [3.05, 3.63) is 109 Å². The van der Waals surface area contributed by atoms with E-state index in [9.17, 15) is 19.2 Å². The molecule has 10 nitrogen and oxygen atoms in total. The van der Waals surface area contributed by atoms with Gasteiger partial charge in [-0.25, -0.2) is 19.2 Å². The molecule has 49 heavy (non-hydrogen) atoms. The highest BCUT2D eigenvalue weighted by Crippen LogP contribution is 2.23. The van der Waals surface area contributed by atoms with Gasteiger partial charge in [0, 0.05) is 12.2 Å². The standard InChI is InChI=1S/C39H44O10/c1-4-36(40)46-26-12-8-6-10-24-44-31-16-14-30(15-17-31)38(42)49-34-22-23-35(29(3)28-34)39(43)48-33-20-18-32(19-21-33)45-25-11-7-9-13-27-47-37(41)5-2/h4-5,14-23,28H,1-2,6-13,24-27H2,3H3. The fourth-order valence-electron chi connectivity index (χ4n) is 4.51. The van der Waals surface area contributed by atoms with Gasteiger partial charge in [-0.1, -0.05) is 13.2 Å². The first kappa shape index (κ1) is 38.1. The second-order valence-electron chi connectivity index (χ2n) is 11.0. The summed E-state index contributed by atoms with van der Waals surface area (Å²) in [5.74, 6) is 0.104. The molecular weight excluding hydrogens is 628 g/mol.